The lowest BCUT2D eigenvalue weighted by molar-refractivity contribution is -0.114. The number of hydrogen-bond acceptors (Lipinski definition) is 5. The van der Waals surface area contributed by atoms with Gasteiger partial charge in [0, 0.05) is 25.6 Å². The Hall–Kier alpha value is -2.19. The van der Waals surface area contributed by atoms with Crippen molar-refractivity contribution in [1.82, 2.24) is 14.5 Å². The molecule has 0 atom stereocenters. The smallest absolute Gasteiger partial charge is 0.284 e. The summed E-state index contributed by atoms with van der Waals surface area (Å²) in [5.41, 5.74) is 2.19. The van der Waals surface area contributed by atoms with Crippen LogP contribution in [0, 0.1) is 6.92 Å². The fourth-order valence-corrected chi connectivity index (χ4v) is 3.83. The van der Waals surface area contributed by atoms with E-state index in [0.29, 0.717) is 24.3 Å². The van der Waals surface area contributed by atoms with Gasteiger partial charge in [-0.15, -0.1) is 4.09 Å². The van der Waals surface area contributed by atoms with E-state index in [4.69, 9.17) is 0 Å². The van der Waals surface area contributed by atoms with E-state index < -0.39 is 10.0 Å². The van der Waals surface area contributed by atoms with Crippen LogP contribution in [0.3, 0.4) is 0 Å². The molecule has 0 unspecified atom stereocenters. The Bertz CT molecular complexity index is 855. The summed E-state index contributed by atoms with van der Waals surface area (Å²) in [5.74, 6) is -0.121. The van der Waals surface area contributed by atoms with Gasteiger partial charge in [-0.2, -0.15) is 13.5 Å². The number of fused-ring (bicyclic) bond motifs is 1. The van der Waals surface area contributed by atoms with E-state index in [1.165, 1.54) is 13.0 Å². The zero-order chi connectivity index (χ0) is 15.9. The first kappa shape index (κ1) is 14.7. The number of hydrogen-bond donors (Lipinski definition) is 2. The van der Waals surface area contributed by atoms with E-state index in [2.05, 4.69) is 15.7 Å². The standard InChI is InChI=1S/C14H16N4O3S/c1-9-4-3-5-11(6-9)22(20,21)18-14(16-10(2)19)12-7-15-8-13(12)17-18/h3-6,15H,7-8H2,1-2H3,(H,16,19). The van der Waals surface area contributed by atoms with E-state index in [1.807, 2.05) is 13.0 Å². The number of aryl methyl sites for hydroxylation is 1. The van der Waals surface area contributed by atoms with Gasteiger partial charge in [-0.25, -0.2) is 0 Å². The van der Waals surface area contributed by atoms with Crippen molar-refractivity contribution < 1.29 is 13.2 Å². The highest BCUT2D eigenvalue weighted by Crippen LogP contribution is 2.28. The molecule has 0 fully saturated rings. The highest BCUT2D eigenvalue weighted by molar-refractivity contribution is 7.90. The quantitative estimate of drug-likeness (QED) is 0.880. The summed E-state index contributed by atoms with van der Waals surface area (Å²) in [6.07, 6.45) is 0. The van der Waals surface area contributed by atoms with Crippen LogP contribution in [0.5, 0.6) is 0 Å². The molecule has 1 aromatic carbocycles. The number of carbonyl (C=O) groups excluding carboxylic acids is 1. The van der Waals surface area contributed by atoms with Gasteiger partial charge in [0.15, 0.2) is 5.82 Å². The Balaban J connectivity index is 2.17. The van der Waals surface area contributed by atoms with Gasteiger partial charge in [0.05, 0.1) is 10.6 Å². The highest BCUT2D eigenvalue weighted by atomic mass is 32.2. The van der Waals surface area contributed by atoms with E-state index in [9.17, 15) is 13.2 Å². The lowest BCUT2D eigenvalue weighted by Crippen LogP contribution is -2.21. The lowest BCUT2D eigenvalue weighted by atomic mass is 10.2. The predicted octanol–water partition coefficient (Wildman–Crippen LogP) is 0.990. The van der Waals surface area contributed by atoms with Crippen LogP contribution in [0.15, 0.2) is 29.2 Å². The molecule has 0 saturated carbocycles. The lowest BCUT2D eigenvalue weighted by Gasteiger charge is -2.11. The molecule has 0 bridgehead atoms. The molecule has 2 N–H and O–H groups in total. The molecule has 2 aromatic rings. The average Bonchev–Trinajstić information content (AvgIpc) is 3.01. The molecule has 8 heteroatoms. The second kappa shape index (κ2) is 5.22. The molecule has 116 valence electrons. The zero-order valence-electron chi connectivity index (χ0n) is 12.3. The molecule has 1 amide bonds. The van der Waals surface area contributed by atoms with Crippen LogP contribution >= 0.6 is 0 Å². The van der Waals surface area contributed by atoms with Crippen molar-refractivity contribution in [3.63, 3.8) is 0 Å². The van der Waals surface area contributed by atoms with Crippen LogP contribution in [0.2, 0.25) is 0 Å². The third-order valence-corrected chi connectivity index (χ3v) is 5.01. The van der Waals surface area contributed by atoms with E-state index >= 15 is 0 Å². The number of carbonyl (C=O) groups is 1. The van der Waals surface area contributed by atoms with Crippen LogP contribution in [-0.4, -0.2) is 23.5 Å². The highest BCUT2D eigenvalue weighted by Gasteiger charge is 2.29. The van der Waals surface area contributed by atoms with Gasteiger partial charge in [0.2, 0.25) is 5.91 Å². The van der Waals surface area contributed by atoms with Gasteiger partial charge in [0.25, 0.3) is 10.0 Å². The second-order valence-electron chi connectivity index (χ2n) is 5.22. The molecule has 0 aliphatic carbocycles. The van der Waals surface area contributed by atoms with Gasteiger partial charge >= 0.3 is 0 Å². The van der Waals surface area contributed by atoms with Crippen molar-refractivity contribution in [3.8, 4) is 0 Å². The van der Waals surface area contributed by atoms with Crippen LogP contribution in [0.1, 0.15) is 23.7 Å². The van der Waals surface area contributed by atoms with Gasteiger partial charge in [-0.05, 0) is 24.6 Å². The minimum absolute atomic E-state index is 0.147. The van der Waals surface area contributed by atoms with Gasteiger partial charge in [0.1, 0.15) is 0 Å². The molecule has 7 nitrogen and oxygen atoms in total. The second-order valence-corrected chi connectivity index (χ2v) is 6.99. The molecular weight excluding hydrogens is 304 g/mol. The molecule has 0 saturated heterocycles. The van der Waals surface area contributed by atoms with Crippen LogP contribution in [0.4, 0.5) is 5.82 Å². The van der Waals surface area contributed by atoms with E-state index in [0.717, 1.165) is 9.65 Å². The first-order valence-electron chi connectivity index (χ1n) is 6.81. The maximum absolute atomic E-state index is 12.8. The van der Waals surface area contributed by atoms with Crippen molar-refractivity contribution in [2.75, 3.05) is 5.32 Å². The monoisotopic (exact) mass is 320 g/mol. The first-order chi connectivity index (χ1) is 10.4. The summed E-state index contributed by atoms with van der Waals surface area (Å²) in [4.78, 5) is 11.6. The van der Waals surface area contributed by atoms with E-state index in [-0.39, 0.29) is 16.6 Å². The maximum atomic E-state index is 12.8. The van der Waals surface area contributed by atoms with Crippen molar-refractivity contribution in [3.05, 3.63) is 41.1 Å². The normalized spacial score (nSPS) is 13.9. The van der Waals surface area contributed by atoms with Gasteiger partial charge in [-0.3, -0.25) is 4.79 Å². The number of nitrogens with one attached hydrogen (secondary N) is 2. The average molecular weight is 320 g/mol. The summed E-state index contributed by atoms with van der Waals surface area (Å²) in [6, 6.07) is 6.60. The van der Waals surface area contributed by atoms with Crippen LogP contribution < -0.4 is 10.6 Å². The number of rotatable bonds is 3. The summed E-state index contributed by atoms with van der Waals surface area (Å²) in [7, 11) is -3.85. The maximum Gasteiger partial charge on any atom is 0.284 e. The fraction of sp³-hybridized carbons (Fsp3) is 0.286. The molecular formula is C14H16N4O3S. The minimum Gasteiger partial charge on any atom is -0.310 e. The zero-order valence-corrected chi connectivity index (χ0v) is 13.1. The largest absolute Gasteiger partial charge is 0.310 e. The van der Waals surface area contributed by atoms with Gasteiger partial charge in [-0.1, -0.05) is 12.1 Å². The molecule has 1 aliphatic rings. The van der Waals surface area contributed by atoms with Gasteiger partial charge < -0.3 is 10.6 Å². The van der Waals surface area contributed by atoms with Crippen molar-refractivity contribution in [1.29, 1.82) is 0 Å². The SMILES string of the molecule is CC(=O)Nc1c2c(nn1S(=O)(=O)c1cccc(C)c1)CNC2. The molecule has 3 rings (SSSR count). The van der Waals surface area contributed by atoms with Crippen LogP contribution in [-0.2, 0) is 27.9 Å². The number of aromatic nitrogens is 2. The Morgan fingerprint density at radius 2 is 2.14 bits per heavy atom. The Morgan fingerprint density at radius 1 is 1.36 bits per heavy atom. The Morgan fingerprint density at radius 3 is 2.82 bits per heavy atom. The fourth-order valence-electron chi connectivity index (χ4n) is 2.45. The third-order valence-electron chi connectivity index (χ3n) is 3.44. The third kappa shape index (κ3) is 2.40. The van der Waals surface area contributed by atoms with Crippen molar-refractivity contribution in [2.24, 2.45) is 0 Å². The summed E-state index contributed by atoms with van der Waals surface area (Å²) in [5, 5.41) is 9.85. The Labute approximate surface area is 128 Å². The Kier molecular flexibility index (Phi) is 3.50. The summed E-state index contributed by atoms with van der Waals surface area (Å²) >= 11 is 0. The van der Waals surface area contributed by atoms with E-state index in [1.54, 1.807) is 12.1 Å². The number of benzene rings is 1. The molecule has 1 aromatic heterocycles. The topological polar surface area (TPSA) is 93.1 Å². The summed E-state index contributed by atoms with van der Waals surface area (Å²) in [6.45, 7) is 4.12. The first-order valence-corrected chi connectivity index (χ1v) is 8.25. The molecule has 0 radical (unpaired) electrons. The van der Waals surface area contributed by atoms with Crippen molar-refractivity contribution >= 4 is 21.7 Å². The minimum atomic E-state index is -3.85. The number of amides is 1. The predicted molar refractivity (Wildman–Crippen MR) is 80.8 cm³/mol. The molecule has 0 spiro atoms. The van der Waals surface area contributed by atoms with Crippen LogP contribution in [0.25, 0.3) is 0 Å². The molecule has 1 aliphatic heterocycles. The molecule has 22 heavy (non-hydrogen) atoms. The van der Waals surface area contributed by atoms with Crippen molar-refractivity contribution in [2.45, 2.75) is 31.8 Å². The number of anilines is 1. The summed E-state index contributed by atoms with van der Waals surface area (Å²) < 4.78 is 26.6. The molecule has 2 heterocycles. The number of nitrogens with zero attached hydrogens (tertiary/aromatic N) is 2.